The van der Waals surface area contributed by atoms with Crippen molar-refractivity contribution in [1.29, 1.82) is 0 Å². The topological polar surface area (TPSA) is 29.1 Å². The number of rotatable bonds is 5. The van der Waals surface area contributed by atoms with Gasteiger partial charge in [0.05, 0.1) is 15.7 Å². The summed E-state index contributed by atoms with van der Waals surface area (Å²) in [5, 5.41) is 0. The average molecular weight is 348 g/mol. The van der Waals surface area contributed by atoms with Gasteiger partial charge in [0.25, 0.3) is 0 Å². The summed E-state index contributed by atoms with van der Waals surface area (Å²) in [5.74, 6) is -0.318. The molecule has 0 aliphatic rings. The lowest BCUT2D eigenvalue weighted by atomic mass is 10.0. The quantitative estimate of drug-likeness (QED) is 0.792. The first-order valence-electron chi connectivity index (χ1n) is 5.99. The van der Waals surface area contributed by atoms with E-state index in [1.165, 1.54) is 12.1 Å². The zero-order chi connectivity index (χ0) is 14.6. The maximum absolute atomic E-state index is 13.4. The fraction of sp³-hybridized carbons (Fsp3) is 0.429. The van der Waals surface area contributed by atoms with E-state index in [4.69, 9.17) is 0 Å². The molecule has 0 fully saturated rings. The molecule has 106 valence electrons. The van der Waals surface area contributed by atoms with Crippen molar-refractivity contribution in [2.45, 2.75) is 38.0 Å². The minimum absolute atomic E-state index is 0.218. The molecule has 2 nitrogen and oxygen atoms in total. The van der Waals surface area contributed by atoms with E-state index in [2.05, 4.69) is 27.2 Å². The van der Waals surface area contributed by atoms with Gasteiger partial charge in [-0.15, -0.1) is 6.58 Å². The monoisotopic (exact) mass is 347 g/mol. The van der Waals surface area contributed by atoms with Gasteiger partial charge in [-0.05, 0) is 51.0 Å². The standard InChI is InChI=1S/C14H19BrFNOS/c1-5-6-13(17-19(18)14(2,3)4)10-7-11(15)9-12(16)8-10/h5,7-9,13,17H,1,6H2,2-4H3/t13-,19-/m0/s1. The third kappa shape index (κ3) is 5.16. The van der Waals surface area contributed by atoms with Gasteiger partial charge in [-0.2, -0.15) is 0 Å². The molecule has 0 saturated heterocycles. The number of nitrogens with one attached hydrogen (secondary N) is 1. The Balaban J connectivity index is 3.00. The molecule has 0 heterocycles. The van der Waals surface area contributed by atoms with Crippen LogP contribution >= 0.6 is 15.9 Å². The Bertz CT molecular complexity index is 465. The molecule has 0 unspecified atom stereocenters. The molecule has 1 rings (SSSR count). The van der Waals surface area contributed by atoms with Gasteiger partial charge in [0.15, 0.2) is 0 Å². The normalized spacial score (nSPS) is 15.0. The van der Waals surface area contributed by atoms with Gasteiger partial charge in [-0.1, -0.05) is 22.0 Å². The van der Waals surface area contributed by atoms with Crippen LogP contribution in [-0.4, -0.2) is 8.96 Å². The Morgan fingerprint density at radius 3 is 2.58 bits per heavy atom. The Morgan fingerprint density at radius 2 is 2.11 bits per heavy atom. The second kappa shape index (κ2) is 6.77. The zero-order valence-electron chi connectivity index (χ0n) is 11.4. The summed E-state index contributed by atoms with van der Waals surface area (Å²) in [5.41, 5.74) is 0.754. The minimum Gasteiger partial charge on any atom is -0.242 e. The van der Waals surface area contributed by atoms with E-state index in [0.717, 1.165) is 5.56 Å². The summed E-state index contributed by atoms with van der Waals surface area (Å²) in [4.78, 5) is 0. The van der Waals surface area contributed by atoms with Gasteiger partial charge >= 0.3 is 0 Å². The highest BCUT2D eigenvalue weighted by atomic mass is 79.9. The predicted octanol–water partition coefficient (Wildman–Crippen LogP) is 4.26. The van der Waals surface area contributed by atoms with Gasteiger partial charge in [0, 0.05) is 10.5 Å². The minimum atomic E-state index is -1.22. The molecule has 0 spiro atoms. The lowest BCUT2D eigenvalue weighted by molar-refractivity contribution is 0.591. The van der Waals surface area contributed by atoms with Crippen LogP contribution in [0.25, 0.3) is 0 Å². The van der Waals surface area contributed by atoms with Gasteiger partial charge < -0.3 is 0 Å². The number of hydrogen-bond donors (Lipinski definition) is 1. The lowest BCUT2D eigenvalue weighted by Gasteiger charge is -2.24. The molecule has 5 heteroatoms. The Morgan fingerprint density at radius 1 is 1.47 bits per heavy atom. The summed E-state index contributed by atoms with van der Waals surface area (Å²) < 4.78 is 28.9. The van der Waals surface area contributed by atoms with Gasteiger partial charge in [0.2, 0.25) is 0 Å². The molecule has 0 aromatic heterocycles. The van der Waals surface area contributed by atoms with Gasteiger partial charge in [-0.25, -0.2) is 13.3 Å². The van der Waals surface area contributed by atoms with Crippen LogP contribution in [-0.2, 0) is 11.0 Å². The number of halogens is 2. The molecule has 0 saturated carbocycles. The molecule has 1 aromatic rings. The largest absolute Gasteiger partial charge is 0.242 e. The highest BCUT2D eigenvalue weighted by Gasteiger charge is 2.23. The second-order valence-electron chi connectivity index (χ2n) is 5.28. The van der Waals surface area contributed by atoms with E-state index in [1.807, 2.05) is 26.8 Å². The first-order chi connectivity index (χ1) is 8.74. The van der Waals surface area contributed by atoms with E-state index in [9.17, 15) is 8.60 Å². The SMILES string of the molecule is C=CC[C@H](N[S@@](=O)C(C)(C)C)c1cc(F)cc(Br)c1. The van der Waals surface area contributed by atoms with E-state index in [1.54, 1.807) is 6.08 Å². The third-order valence-corrected chi connectivity index (χ3v) is 4.56. The van der Waals surface area contributed by atoms with Crippen LogP contribution < -0.4 is 4.72 Å². The molecular formula is C14H19BrFNOS. The highest BCUT2D eigenvalue weighted by Crippen LogP contribution is 2.24. The summed E-state index contributed by atoms with van der Waals surface area (Å²) in [6.45, 7) is 9.37. The summed E-state index contributed by atoms with van der Waals surface area (Å²) >= 11 is 3.27. The fourth-order valence-electron chi connectivity index (χ4n) is 1.50. The molecular weight excluding hydrogens is 329 g/mol. The van der Waals surface area contributed by atoms with Crippen molar-refractivity contribution in [2.75, 3.05) is 0 Å². The third-order valence-electron chi connectivity index (χ3n) is 2.50. The second-order valence-corrected chi connectivity index (χ2v) is 8.19. The van der Waals surface area contributed by atoms with E-state index in [0.29, 0.717) is 10.9 Å². The van der Waals surface area contributed by atoms with E-state index < -0.39 is 11.0 Å². The first-order valence-corrected chi connectivity index (χ1v) is 7.93. The first kappa shape index (κ1) is 16.5. The predicted molar refractivity (Wildman–Crippen MR) is 82.7 cm³/mol. The molecule has 1 N–H and O–H groups in total. The summed E-state index contributed by atoms with van der Waals surface area (Å²) in [6.07, 6.45) is 2.31. The van der Waals surface area contributed by atoms with Crippen LogP contribution in [0.5, 0.6) is 0 Å². The van der Waals surface area contributed by atoms with Crippen LogP contribution in [0.3, 0.4) is 0 Å². The summed E-state index contributed by atoms with van der Waals surface area (Å²) in [6, 6.07) is 4.45. The van der Waals surface area contributed by atoms with Gasteiger partial charge in [-0.3, -0.25) is 0 Å². The number of benzene rings is 1. The molecule has 0 bridgehead atoms. The molecule has 1 aromatic carbocycles. The molecule has 0 radical (unpaired) electrons. The van der Waals surface area contributed by atoms with Crippen molar-refractivity contribution in [3.05, 3.63) is 46.7 Å². The molecule has 0 aliphatic carbocycles. The maximum Gasteiger partial charge on any atom is 0.124 e. The molecule has 19 heavy (non-hydrogen) atoms. The van der Waals surface area contributed by atoms with Crippen molar-refractivity contribution in [3.63, 3.8) is 0 Å². The van der Waals surface area contributed by atoms with Crippen molar-refractivity contribution >= 4 is 26.9 Å². The molecule has 0 amide bonds. The summed E-state index contributed by atoms with van der Waals surface area (Å²) in [7, 11) is -1.22. The lowest BCUT2D eigenvalue weighted by Crippen LogP contribution is -2.35. The van der Waals surface area contributed by atoms with Crippen molar-refractivity contribution in [3.8, 4) is 0 Å². The van der Waals surface area contributed by atoms with E-state index in [-0.39, 0.29) is 16.6 Å². The van der Waals surface area contributed by atoms with Crippen LogP contribution in [0.2, 0.25) is 0 Å². The van der Waals surface area contributed by atoms with Crippen LogP contribution in [0.1, 0.15) is 38.8 Å². The van der Waals surface area contributed by atoms with Gasteiger partial charge in [0.1, 0.15) is 5.82 Å². The Labute approximate surface area is 125 Å². The van der Waals surface area contributed by atoms with Crippen molar-refractivity contribution in [2.24, 2.45) is 0 Å². The Hall–Kier alpha value is -0.520. The van der Waals surface area contributed by atoms with Crippen LogP contribution in [0.15, 0.2) is 35.3 Å². The van der Waals surface area contributed by atoms with Crippen molar-refractivity contribution in [1.82, 2.24) is 4.72 Å². The van der Waals surface area contributed by atoms with Crippen LogP contribution in [0.4, 0.5) is 4.39 Å². The average Bonchev–Trinajstić information content (AvgIpc) is 2.25. The maximum atomic E-state index is 13.4. The van der Waals surface area contributed by atoms with Crippen molar-refractivity contribution < 1.29 is 8.60 Å². The molecule has 2 atom stereocenters. The molecule has 0 aliphatic heterocycles. The fourth-order valence-corrected chi connectivity index (χ4v) is 2.83. The van der Waals surface area contributed by atoms with E-state index >= 15 is 0 Å². The number of hydrogen-bond acceptors (Lipinski definition) is 1. The Kier molecular flexibility index (Phi) is 5.89. The smallest absolute Gasteiger partial charge is 0.124 e. The zero-order valence-corrected chi connectivity index (χ0v) is 13.8. The highest BCUT2D eigenvalue weighted by molar-refractivity contribution is 9.10. The van der Waals surface area contributed by atoms with Crippen LogP contribution in [0, 0.1) is 5.82 Å².